The molecule has 3 nitrogen and oxygen atoms in total. The quantitative estimate of drug-likeness (QED) is 0.714. The van der Waals surface area contributed by atoms with Gasteiger partial charge in [0.1, 0.15) is 0 Å². The number of aromatic nitrogens is 2. The van der Waals surface area contributed by atoms with E-state index in [2.05, 4.69) is 11.2 Å². The van der Waals surface area contributed by atoms with Crippen molar-refractivity contribution in [3.05, 3.63) is 47.2 Å². The molecule has 0 saturated heterocycles. The lowest BCUT2D eigenvalue weighted by Crippen LogP contribution is -1.93. The van der Waals surface area contributed by atoms with Crippen LogP contribution in [0.4, 0.5) is 0 Å². The molecule has 0 saturated carbocycles. The fraction of sp³-hybridized carbons (Fsp3) is 0. The summed E-state index contributed by atoms with van der Waals surface area (Å²) in [5.74, 6) is 0. The van der Waals surface area contributed by atoms with Crippen LogP contribution in [0, 0.1) is 11.3 Å². The molecule has 4 heteroatoms. The van der Waals surface area contributed by atoms with Gasteiger partial charge < -0.3 is 0 Å². The van der Waals surface area contributed by atoms with E-state index >= 15 is 0 Å². The highest BCUT2D eigenvalue weighted by molar-refractivity contribution is 6.30. The summed E-state index contributed by atoms with van der Waals surface area (Å²) in [5, 5.41) is 13.3. The molecule has 0 aliphatic carbocycles. The van der Waals surface area contributed by atoms with Crippen molar-refractivity contribution in [1.82, 2.24) is 9.78 Å². The highest BCUT2D eigenvalue weighted by Gasteiger charge is 1.99. The van der Waals surface area contributed by atoms with E-state index in [1.807, 2.05) is 12.1 Å². The molecule has 14 heavy (non-hydrogen) atoms. The van der Waals surface area contributed by atoms with Gasteiger partial charge in [-0.15, -0.1) is 0 Å². The van der Waals surface area contributed by atoms with Crippen LogP contribution < -0.4 is 0 Å². The first-order chi connectivity index (χ1) is 6.79. The van der Waals surface area contributed by atoms with E-state index in [-0.39, 0.29) is 0 Å². The first-order valence-electron chi connectivity index (χ1n) is 4.00. The van der Waals surface area contributed by atoms with Gasteiger partial charge in [0, 0.05) is 6.20 Å². The van der Waals surface area contributed by atoms with Crippen LogP contribution in [0.3, 0.4) is 0 Å². The monoisotopic (exact) mass is 203 g/mol. The van der Waals surface area contributed by atoms with E-state index in [1.54, 1.807) is 29.2 Å². The van der Waals surface area contributed by atoms with Crippen molar-refractivity contribution >= 4 is 11.6 Å². The average molecular weight is 204 g/mol. The molecule has 1 aromatic heterocycles. The van der Waals surface area contributed by atoms with Crippen molar-refractivity contribution in [2.24, 2.45) is 0 Å². The van der Waals surface area contributed by atoms with E-state index in [0.29, 0.717) is 10.6 Å². The maximum Gasteiger partial charge on any atom is 0.0992 e. The maximum atomic E-state index is 8.71. The summed E-state index contributed by atoms with van der Waals surface area (Å²) < 4.78 is 1.63. The molecular formula is C10H6ClN3. The van der Waals surface area contributed by atoms with E-state index in [1.165, 1.54) is 0 Å². The van der Waals surface area contributed by atoms with Crippen molar-refractivity contribution in [2.45, 2.75) is 0 Å². The number of nitriles is 1. The minimum absolute atomic E-state index is 0.576. The minimum Gasteiger partial charge on any atom is -0.239 e. The van der Waals surface area contributed by atoms with Crippen molar-refractivity contribution in [2.75, 3.05) is 0 Å². The fourth-order valence-corrected chi connectivity index (χ4v) is 1.30. The Morgan fingerprint density at radius 2 is 2.29 bits per heavy atom. The Morgan fingerprint density at radius 3 is 2.93 bits per heavy atom. The Morgan fingerprint density at radius 1 is 1.43 bits per heavy atom. The minimum atomic E-state index is 0.576. The molecule has 0 aliphatic heterocycles. The normalized spacial score (nSPS) is 9.71. The zero-order chi connectivity index (χ0) is 9.97. The van der Waals surface area contributed by atoms with Crippen molar-refractivity contribution < 1.29 is 0 Å². The number of nitrogens with zero attached hydrogens (tertiary/aromatic N) is 3. The largest absolute Gasteiger partial charge is 0.239 e. The predicted molar refractivity (Wildman–Crippen MR) is 53.3 cm³/mol. The zero-order valence-corrected chi connectivity index (χ0v) is 7.94. The first kappa shape index (κ1) is 8.79. The Balaban J connectivity index is 2.47. The highest BCUT2D eigenvalue weighted by atomic mass is 35.5. The van der Waals surface area contributed by atoms with E-state index in [9.17, 15) is 0 Å². The fourth-order valence-electron chi connectivity index (χ4n) is 1.16. The van der Waals surface area contributed by atoms with Crippen molar-refractivity contribution in [3.63, 3.8) is 0 Å². The molecule has 0 fully saturated rings. The van der Waals surface area contributed by atoms with Gasteiger partial charge in [-0.1, -0.05) is 17.7 Å². The van der Waals surface area contributed by atoms with E-state index in [4.69, 9.17) is 16.9 Å². The molecule has 0 amide bonds. The van der Waals surface area contributed by atoms with Crippen LogP contribution in [-0.4, -0.2) is 9.78 Å². The van der Waals surface area contributed by atoms with Crippen LogP contribution in [0.2, 0.25) is 5.02 Å². The van der Waals surface area contributed by atoms with Gasteiger partial charge in [0.2, 0.25) is 0 Å². The molecule has 68 valence electrons. The second-order valence-electron chi connectivity index (χ2n) is 2.77. The Hall–Kier alpha value is -1.79. The maximum absolute atomic E-state index is 8.71. The van der Waals surface area contributed by atoms with E-state index < -0.39 is 0 Å². The van der Waals surface area contributed by atoms with Crippen LogP contribution in [0.5, 0.6) is 0 Å². The molecule has 2 rings (SSSR count). The summed E-state index contributed by atoms with van der Waals surface area (Å²) in [6.07, 6.45) is 3.25. The van der Waals surface area contributed by atoms with Gasteiger partial charge in [-0.3, -0.25) is 0 Å². The van der Waals surface area contributed by atoms with Crippen molar-refractivity contribution in [1.29, 1.82) is 5.26 Å². The smallest absolute Gasteiger partial charge is 0.0992 e. The molecule has 1 aromatic carbocycles. The van der Waals surface area contributed by atoms with Gasteiger partial charge in [-0.05, 0) is 18.2 Å². The lowest BCUT2D eigenvalue weighted by Gasteiger charge is -1.99. The third kappa shape index (κ3) is 1.61. The van der Waals surface area contributed by atoms with Crippen molar-refractivity contribution in [3.8, 4) is 11.8 Å². The van der Waals surface area contributed by atoms with Gasteiger partial charge in [-0.2, -0.15) is 10.4 Å². The number of hydrogen-bond acceptors (Lipinski definition) is 2. The van der Waals surface area contributed by atoms with Crippen LogP contribution in [-0.2, 0) is 0 Å². The standard InChI is InChI=1S/C10H6ClN3/c11-9-6-13-14(7-9)10-3-1-2-8(4-10)5-12/h1-4,6-7H. The summed E-state index contributed by atoms with van der Waals surface area (Å²) in [5.41, 5.74) is 1.44. The van der Waals surface area contributed by atoms with E-state index in [0.717, 1.165) is 5.69 Å². The second kappa shape index (κ2) is 3.52. The van der Waals surface area contributed by atoms with Gasteiger partial charge >= 0.3 is 0 Å². The lowest BCUT2D eigenvalue weighted by atomic mass is 10.2. The van der Waals surface area contributed by atoms with Gasteiger partial charge in [-0.25, -0.2) is 4.68 Å². The number of rotatable bonds is 1. The molecule has 2 aromatic rings. The van der Waals surface area contributed by atoms with Crippen LogP contribution in [0.25, 0.3) is 5.69 Å². The number of hydrogen-bond donors (Lipinski definition) is 0. The number of benzene rings is 1. The molecule has 1 heterocycles. The summed E-state index contributed by atoms with van der Waals surface area (Å²) in [6, 6.07) is 9.24. The highest BCUT2D eigenvalue weighted by Crippen LogP contribution is 2.12. The summed E-state index contributed by atoms with van der Waals surface area (Å²) in [4.78, 5) is 0. The Labute approximate surface area is 86.2 Å². The van der Waals surface area contributed by atoms with Crippen LogP contribution in [0.1, 0.15) is 5.56 Å². The lowest BCUT2D eigenvalue weighted by molar-refractivity contribution is 0.880. The predicted octanol–water partition coefficient (Wildman–Crippen LogP) is 2.40. The van der Waals surface area contributed by atoms with Gasteiger partial charge in [0.15, 0.2) is 0 Å². The zero-order valence-electron chi connectivity index (χ0n) is 7.18. The van der Waals surface area contributed by atoms with Gasteiger partial charge in [0.25, 0.3) is 0 Å². The van der Waals surface area contributed by atoms with Crippen LogP contribution >= 0.6 is 11.6 Å². The molecule has 0 radical (unpaired) electrons. The second-order valence-corrected chi connectivity index (χ2v) is 3.20. The summed E-state index contributed by atoms with van der Waals surface area (Å²) >= 11 is 5.74. The van der Waals surface area contributed by atoms with Gasteiger partial charge in [0.05, 0.1) is 28.5 Å². The molecule has 0 unspecified atom stereocenters. The average Bonchev–Trinajstić information content (AvgIpc) is 2.65. The summed E-state index contributed by atoms with van der Waals surface area (Å²) in [6.45, 7) is 0. The Bertz CT molecular complexity index is 496. The third-order valence-electron chi connectivity index (χ3n) is 1.79. The van der Waals surface area contributed by atoms with Crippen LogP contribution in [0.15, 0.2) is 36.7 Å². The SMILES string of the molecule is N#Cc1cccc(-n2cc(Cl)cn2)c1. The molecule has 0 N–H and O–H groups in total. The molecule has 0 aliphatic rings. The molecule has 0 bridgehead atoms. The number of halogens is 1. The molecular weight excluding hydrogens is 198 g/mol. The first-order valence-corrected chi connectivity index (χ1v) is 4.38. The summed E-state index contributed by atoms with van der Waals surface area (Å²) in [7, 11) is 0. The molecule has 0 atom stereocenters. The third-order valence-corrected chi connectivity index (χ3v) is 1.99. The topological polar surface area (TPSA) is 41.6 Å². The Kier molecular flexibility index (Phi) is 2.21. The molecule has 0 spiro atoms.